The van der Waals surface area contributed by atoms with Crippen LogP contribution in [0.1, 0.15) is 50.4 Å². The van der Waals surface area contributed by atoms with Crippen molar-refractivity contribution in [3.63, 3.8) is 0 Å². The van der Waals surface area contributed by atoms with Gasteiger partial charge in [0, 0.05) is 28.9 Å². The van der Waals surface area contributed by atoms with Crippen molar-refractivity contribution in [2.24, 2.45) is 0 Å². The highest BCUT2D eigenvalue weighted by Crippen LogP contribution is 2.21. The Morgan fingerprint density at radius 2 is 2.00 bits per heavy atom. The summed E-state index contributed by atoms with van der Waals surface area (Å²) in [6.45, 7) is 10.4. The topological polar surface area (TPSA) is 29.9 Å². The number of hydrogen-bond donors (Lipinski definition) is 1. The molecule has 0 radical (unpaired) electrons. The summed E-state index contributed by atoms with van der Waals surface area (Å²) in [4.78, 5) is 0. The van der Waals surface area contributed by atoms with Crippen LogP contribution >= 0.6 is 11.6 Å². The van der Waals surface area contributed by atoms with E-state index >= 15 is 0 Å². The molecule has 0 amide bonds. The van der Waals surface area contributed by atoms with E-state index in [2.05, 4.69) is 48.9 Å². The van der Waals surface area contributed by atoms with Gasteiger partial charge in [0.15, 0.2) is 0 Å². The summed E-state index contributed by atoms with van der Waals surface area (Å²) in [5, 5.41) is 8.81. The molecule has 0 spiro atoms. The van der Waals surface area contributed by atoms with Crippen molar-refractivity contribution < 1.29 is 0 Å². The zero-order valence-corrected chi connectivity index (χ0v) is 14.0. The van der Waals surface area contributed by atoms with Crippen LogP contribution < -0.4 is 5.32 Å². The van der Waals surface area contributed by atoms with Crippen LogP contribution in [0.2, 0.25) is 5.02 Å². The third kappa shape index (κ3) is 4.32. The van der Waals surface area contributed by atoms with Gasteiger partial charge in [-0.2, -0.15) is 5.10 Å². The summed E-state index contributed by atoms with van der Waals surface area (Å²) in [6.07, 6.45) is 1.98. The van der Waals surface area contributed by atoms with Gasteiger partial charge in [-0.3, -0.25) is 4.68 Å². The second-order valence-corrected chi connectivity index (χ2v) is 6.47. The maximum atomic E-state index is 6.06. The zero-order valence-electron chi connectivity index (χ0n) is 13.2. The minimum Gasteiger partial charge on any atom is -0.310 e. The molecule has 0 saturated heterocycles. The van der Waals surface area contributed by atoms with Gasteiger partial charge in [0.05, 0.1) is 12.7 Å². The van der Waals surface area contributed by atoms with Crippen molar-refractivity contribution in [1.29, 1.82) is 0 Å². The minimum absolute atomic E-state index is 0.440. The molecule has 0 unspecified atom stereocenters. The SMILES string of the molecule is CC(C)NCc1cnn(Cc2cccc(Cl)c2)c1C(C)C. The van der Waals surface area contributed by atoms with Crippen molar-refractivity contribution in [2.75, 3.05) is 0 Å². The average molecular weight is 306 g/mol. The van der Waals surface area contributed by atoms with Crippen LogP contribution in [0.3, 0.4) is 0 Å². The van der Waals surface area contributed by atoms with Crippen LogP contribution in [-0.4, -0.2) is 15.8 Å². The van der Waals surface area contributed by atoms with Crippen LogP contribution in [0.4, 0.5) is 0 Å². The van der Waals surface area contributed by atoms with Gasteiger partial charge < -0.3 is 5.32 Å². The molecule has 1 aromatic carbocycles. The molecule has 114 valence electrons. The third-order valence-electron chi connectivity index (χ3n) is 3.43. The quantitative estimate of drug-likeness (QED) is 0.866. The first-order valence-electron chi connectivity index (χ1n) is 7.49. The standard InChI is InChI=1S/C17H24ClN3/c1-12(2)17-15(9-19-13(3)4)10-20-21(17)11-14-6-5-7-16(18)8-14/h5-8,10,12-13,19H,9,11H2,1-4H3. The minimum atomic E-state index is 0.440. The lowest BCUT2D eigenvalue weighted by molar-refractivity contribution is 0.574. The Hall–Kier alpha value is -1.32. The van der Waals surface area contributed by atoms with E-state index in [1.807, 2.05) is 24.4 Å². The number of rotatable bonds is 6. The van der Waals surface area contributed by atoms with Crippen LogP contribution in [0, 0.1) is 0 Å². The van der Waals surface area contributed by atoms with Crippen LogP contribution in [-0.2, 0) is 13.1 Å². The van der Waals surface area contributed by atoms with Crippen LogP contribution in [0.25, 0.3) is 0 Å². The Labute approximate surface area is 132 Å². The van der Waals surface area contributed by atoms with Gasteiger partial charge in [0.25, 0.3) is 0 Å². The van der Waals surface area contributed by atoms with E-state index in [1.165, 1.54) is 16.8 Å². The Morgan fingerprint density at radius 3 is 2.62 bits per heavy atom. The smallest absolute Gasteiger partial charge is 0.0663 e. The summed E-state index contributed by atoms with van der Waals surface area (Å²) < 4.78 is 2.09. The monoisotopic (exact) mass is 305 g/mol. The van der Waals surface area contributed by atoms with Gasteiger partial charge in [0.1, 0.15) is 0 Å². The molecule has 21 heavy (non-hydrogen) atoms. The van der Waals surface area contributed by atoms with E-state index in [0.29, 0.717) is 12.0 Å². The van der Waals surface area contributed by atoms with Crippen molar-refractivity contribution >= 4 is 11.6 Å². The number of nitrogens with one attached hydrogen (secondary N) is 1. The van der Waals surface area contributed by atoms with Crippen LogP contribution in [0.5, 0.6) is 0 Å². The molecule has 0 saturated carbocycles. The maximum absolute atomic E-state index is 6.06. The first-order chi connectivity index (χ1) is 9.97. The summed E-state index contributed by atoms with van der Waals surface area (Å²) in [7, 11) is 0. The lowest BCUT2D eigenvalue weighted by Gasteiger charge is -2.14. The van der Waals surface area contributed by atoms with Crippen molar-refractivity contribution in [3.8, 4) is 0 Å². The van der Waals surface area contributed by atoms with Crippen LogP contribution in [0.15, 0.2) is 30.5 Å². The molecular weight excluding hydrogens is 282 g/mol. The molecule has 0 atom stereocenters. The fraction of sp³-hybridized carbons (Fsp3) is 0.471. The molecule has 2 aromatic rings. The third-order valence-corrected chi connectivity index (χ3v) is 3.66. The highest BCUT2D eigenvalue weighted by molar-refractivity contribution is 6.30. The second-order valence-electron chi connectivity index (χ2n) is 6.03. The molecule has 4 heteroatoms. The molecule has 0 aliphatic carbocycles. The zero-order chi connectivity index (χ0) is 15.4. The lowest BCUT2D eigenvalue weighted by atomic mass is 10.1. The highest BCUT2D eigenvalue weighted by Gasteiger charge is 2.14. The molecule has 1 N–H and O–H groups in total. The largest absolute Gasteiger partial charge is 0.310 e. The molecule has 3 nitrogen and oxygen atoms in total. The number of aromatic nitrogens is 2. The Bertz CT molecular complexity index is 587. The molecule has 0 aliphatic rings. The van der Waals surface area contributed by atoms with Gasteiger partial charge in [0.2, 0.25) is 0 Å². The molecule has 2 rings (SSSR count). The van der Waals surface area contributed by atoms with E-state index in [4.69, 9.17) is 11.6 Å². The second kappa shape index (κ2) is 7.10. The van der Waals surface area contributed by atoms with Crippen molar-refractivity contribution in [1.82, 2.24) is 15.1 Å². The number of benzene rings is 1. The Kier molecular flexibility index (Phi) is 5.43. The molecule has 1 heterocycles. The average Bonchev–Trinajstić information content (AvgIpc) is 2.79. The van der Waals surface area contributed by atoms with E-state index in [1.54, 1.807) is 0 Å². The van der Waals surface area contributed by atoms with E-state index in [9.17, 15) is 0 Å². The first kappa shape index (κ1) is 16.1. The Balaban J connectivity index is 2.23. The molecule has 0 bridgehead atoms. The summed E-state index contributed by atoms with van der Waals surface area (Å²) in [5.41, 5.74) is 3.75. The van der Waals surface area contributed by atoms with Gasteiger partial charge in [-0.25, -0.2) is 0 Å². The molecule has 1 aromatic heterocycles. The van der Waals surface area contributed by atoms with Gasteiger partial charge in [-0.05, 0) is 23.6 Å². The number of hydrogen-bond acceptors (Lipinski definition) is 2. The van der Waals surface area contributed by atoms with Crippen molar-refractivity contribution in [2.45, 2.75) is 52.7 Å². The highest BCUT2D eigenvalue weighted by atomic mass is 35.5. The summed E-state index contributed by atoms with van der Waals surface area (Å²) in [6, 6.07) is 8.44. The fourth-order valence-electron chi connectivity index (χ4n) is 2.49. The predicted octanol–water partition coefficient (Wildman–Crippen LogP) is 4.21. The van der Waals surface area contributed by atoms with E-state index in [-0.39, 0.29) is 0 Å². The van der Waals surface area contributed by atoms with Gasteiger partial charge >= 0.3 is 0 Å². The predicted molar refractivity (Wildman–Crippen MR) is 88.8 cm³/mol. The fourth-order valence-corrected chi connectivity index (χ4v) is 2.70. The normalized spacial score (nSPS) is 11.6. The van der Waals surface area contributed by atoms with Gasteiger partial charge in [-0.15, -0.1) is 0 Å². The summed E-state index contributed by atoms with van der Waals surface area (Å²) >= 11 is 6.06. The van der Waals surface area contributed by atoms with E-state index < -0.39 is 0 Å². The van der Waals surface area contributed by atoms with Crippen molar-refractivity contribution in [3.05, 3.63) is 52.3 Å². The van der Waals surface area contributed by atoms with E-state index in [0.717, 1.165) is 18.1 Å². The Morgan fingerprint density at radius 1 is 1.24 bits per heavy atom. The number of nitrogens with zero attached hydrogens (tertiary/aromatic N) is 2. The molecular formula is C17H24ClN3. The molecule has 0 aliphatic heterocycles. The maximum Gasteiger partial charge on any atom is 0.0663 e. The molecule has 0 fully saturated rings. The first-order valence-corrected chi connectivity index (χ1v) is 7.87. The lowest BCUT2D eigenvalue weighted by Crippen LogP contribution is -2.22. The van der Waals surface area contributed by atoms with Gasteiger partial charge in [-0.1, -0.05) is 51.4 Å². The number of halogens is 1. The summed E-state index contributed by atoms with van der Waals surface area (Å²) in [5.74, 6) is 0.440.